The molecule has 3 aromatic rings. The Bertz CT molecular complexity index is 1290. The number of aryl methyl sites for hydroxylation is 1. The lowest BCUT2D eigenvalue weighted by Crippen LogP contribution is -2.42. The van der Waals surface area contributed by atoms with Gasteiger partial charge >= 0.3 is 12.1 Å². The Kier molecular flexibility index (Phi) is 6.47. The van der Waals surface area contributed by atoms with Gasteiger partial charge in [0.1, 0.15) is 5.75 Å². The van der Waals surface area contributed by atoms with Crippen molar-refractivity contribution in [1.82, 2.24) is 9.55 Å². The molecule has 1 aromatic heterocycles. The minimum absolute atomic E-state index is 0.00266. The normalized spacial score (nSPS) is 21.6. The lowest BCUT2D eigenvalue weighted by molar-refractivity contribution is -0.143. The van der Waals surface area contributed by atoms with E-state index in [4.69, 9.17) is 14.5 Å². The smallest absolute Gasteiger partial charge is 0.414 e. The molecular formula is C27H32N4O5. The molecule has 0 spiro atoms. The Hall–Kier alpha value is -3.75. The number of imidazole rings is 1. The molecular weight excluding hydrogens is 460 g/mol. The van der Waals surface area contributed by atoms with Gasteiger partial charge in [-0.1, -0.05) is 6.42 Å². The van der Waals surface area contributed by atoms with Crippen LogP contribution >= 0.6 is 0 Å². The summed E-state index contributed by atoms with van der Waals surface area (Å²) in [4.78, 5) is 31.2. The fourth-order valence-corrected chi connectivity index (χ4v) is 5.66. The summed E-state index contributed by atoms with van der Waals surface area (Å²) >= 11 is 0. The minimum Gasteiger partial charge on any atom is -0.497 e. The van der Waals surface area contributed by atoms with Crippen LogP contribution in [0.4, 0.5) is 22.1 Å². The van der Waals surface area contributed by atoms with Crippen molar-refractivity contribution in [2.45, 2.75) is 57.5 Å². The van der Waals surface area contributed by atoms with E-state index in [9.17, 15) is 14.7 Å². The number of fused-ring (bicyclic) bond motifs is 3. The number of carbonyl (C=O) groups is 2. The van der Waals surface area contributed by atoms with Gasteiger partial charge in [0.15, 0.2) is 0 Å². The number of carboxylic acid groups (broad SMARTS) is 1. The van der Waals surface area contributed by atoms with Crippen molar-refractivity contribution in [2.24, 2.45) is 5.92 Å². The van der Waals surface area contributed by atoms with Crippen LogP contribution in [0.2, 0.25) is 0 Å². The van der Waals surface area contributed by atoms with Crippen LogP contribution < -0.4 is 15.0 Å². The van der Waals surface area contributed by atoms with E-state index >= 15 is 0 Å². The van der Waals surface area contributed by atoms with Crippen LogP contribution in [0.25, 0.3) is 11.0 Å². The summed E-state index contributed by atoms with van der Waals surface area (Å²) in [5, 5.41) is 13.2. The van der Waals surface area contributed by atoms with Crippen LogP contribution in [-0.4, -0.2) is 47.0 Å². The van der Waals surface area contributed by atoms with Crippen molar-refractivity contribution in [3.05, 3.63) is 42.0 Å². The standard InChI is InChI=1S/C27H32N4O5/c1-16-7-12-21-22(30(16)27(34)36-3)13-14-23-24(21)29-26(28-18-8-10-20(35-2)11-9-18)31(23)19-6-4-5-17(15-19)25(32)33/h8-11,13-14,16-17,19H,4-7,12,15H2,1-3H3,(H,28,29)(H,32,33)/t16?,17-,19-/m1/s1. The molecule has 2 heterocycles. The first-order valence-electron chi connectivity index (χ1n) is 12.5. The second-order valence-corrected chi connectivity index (χ2v) is 9.67. The lowest BCUT2D eigenvalue weighted by atomic mass is 9.85. The zero-order valence-electron chi connectivity index (χ0n) is 20.9. The maximum atomic E-state index is 12.6. The molecule has 1 aliphatic heterocycles. The zero-order valence-corrected chi connectivity index (χ0v) is 20.9. The van der Waals surface area contributed by atoms with Crippen molar-refractivity contribution in [3.8, 4) is 5.75 Å². The first kappa shape index (κ1) is 24.0. The number of aliphatic carboxylic acids is 1. The molecule has 2 aliphatic rings. The average molecular weight is 493 g/mol. The molecule has 0 saturated heterocycles. The summed E-state index contributed by atoms with van der Waals surface area (Å²) < 4.78 is 12.5. The Labute approximate surface area is 210 Å². The summed E-state index contributed by atoms with van der Waals surface area (Å²) in [6, 6.07) is 11.6. The number of amides is 1. The fraction of sp³-hybridized carbons (Fsp3) is 0.444. The Balaban J connectivity index is 1.63. The van der Waals surface area contributed by atoms with Crippen molar-refractivity contribution in [2.75, 3.05) is 24.4 Å². The lowest BCUT2D eigenvalue weighted by Gasteiger charge is -2.34. The van der Waals surface area contributed by atoms with Crippen LogP contribution in [0.1, 0.15) is 50.6 Å². The predicted octanol–water partition coefficient (Wildman–Crippen LogP) is 5.51. The van der Waals surface area contributed by atoms with Gasteiger partial charge in [0.2, 0.25) is 5.95 Å². The van der Waals surface area contributed by atoms with Gasteiger partial charge in [-0.3, -0.25) is 9.69 Å². The summed E-state index contributed by atoms with van der Waals surface area (Å²) in [7, 11) is 3.03. The molecule has 9 heteroatoms. The Morgan fingerprint density at radius 3 is 2.56 bits per heavy atom. The average Bonchev–Trinajstić information content (AvgIpc) is 3.26. The molecule has 1 aliphatic carbocycles. The van der Waals surface area contributed by atoms with Gasteiger partial charge in [0.25, 0.3) is 0 Å². The summed E-state index contributed by atoms with van der Waals surface area (Å²) in [5.74, 6) is 0.316. The first-order valence-corrected chi connectivity index (χ1v) is 12.5. The number of carboxylic acids is 1. The molecule has 36 heavy (non-hydrogen) atoms. The van der Waals surface area contributed by atoms with Gasteiger partial charge < -0.3 is 24.5 Å². The number of hydrogen-bond donors (Lipinski definition) is 2. The number of nitrogens with zero attached hydrogens (tertiary/aromatic N) is 3. The minimum atomic E-state index is -0.742. The third kappa shape index (κ3) is 4.23. The third-order valence-corrected chi connectivity index (χ3v) is 7.53. The third-order valence-electron chi connectivity index (χ3n) is 7.53. The summed E-state index contributed by atoms with van der Waals surface area (Å²) in [6.07, 6.45) is 4.20. The largest absolute Gasteiger partial charge is 0.497 e. The van der Waals surface area contributed by atoms with Crippen LogP contribution in [0.15, 0.2) is 36.4 Å². The highest BCUT2D eigenvalue weighted by molar-refractivity contribution is 5.96. The number of carbonyl (C=O) groups excluding carboxylic acids is 1. The van der Waals surface area contributed by atoms with E-state index < -0.39 is 5.97 Å². The quantitative estimate of drug-likeness (QED) is 0.484. The van der Waals surface area contributed by atoms with E-state index in [1.54, 1.807) is 12.0 Å². The van der Waals surface area contributed by atoms with E-state index in [2.05, 4.69) is 9.88 Å². The maximum absolute atomic E-state index is 12.6. The summed E-state index contributed by atoms with van der Waals surface area (Å²) in [6.45, 7) is 2.02. The SMILES string of the molecule is COC(=O)N1c2ccc3c(nc(Nc4ccc(OC)cc4)n3[C@@H]3CCC[C@@H](C(=O)O)C3)c2CCC1C. The zero-order chi connectivity index (χ0) is 25.4. The molecule has 1 unspecified atom stereocenters. The topological polar surface area (TPSA) is 106 Å². The van der Waals surface area contributed by atoms with Gasteiger partial charge in [0.05, 0.1) is 36.9 Å². The number of aromatic nitrogens is 2. The first-order chi connectivity index (χ1) is 17.4. The van der Waals surface area contributed by atoms with Crippen LogP contribution in [0.3, 0.4) is 0 Å². The predicted molar refractivity (Wildman–Crippen MR) is 137 cm³/mol. The molecule has 2 N–H and O–H groups in total. The number of anilines is 3. The molecule has 2 aromatic carbocycles. The highest BCUT2D eigenvalue weighted by Gasteiger charge is 2.34. The molecule has 1 amide bonds. The van der Waals surface area contributed by atoms with Crippen molar-refractivity contribution in [1.29, 1.82) is 0 Å². The highest BCUT2D eigenvalue weighted by Crippen LogP contribution is 2.42. The number of ether oxygens (including phenoxy) is 2. The number of methoxy groups -OCH3 is 2. The van der Waals surface area contributed by atoms with E-state index in [1.807, 2.05) is 43.3 Å². The Morgan fingerprint density at radius 1 is 1.08 bits per heavy atom. The molecule has 1 fully saturated rings. The molecule has 0 bridgehead atoms. The molecule has 9 nitrogen and oxygen atoms in total. The van der Waals surface area contributed by atoms with E-state index in [-0.39, 0.29) is 24.1 Å². The van der Waals surface area contributed by atoms with Crippen molar-refractivity contribution in [3.63, 3.8) is 0 Å². The van der Waals surface area contributed by atoms with Gasteiger partial charge in [-0.05, 0) is 75.4 Å². The maximum Gasteiger partial charge on any atom is 0.414 e. The van der Waals surface area contributed by atoms with Crippen LogP contribution in [0, 0.1) is 5.92 Å². The number of benzene rings is 2. The van der Waals surface area contributed by atoms with Gasteiger partial charge in [-0.25, -0.2) is 9.78 Å². The molecule has 5 rings (SSSR count). The van der Waals surface area contributed by atoms with Crippen molar-refractivity contribution < 1.29 is 24.2 Å². The molecule has 1 saturated carbocycles. The molecule has 3 atom stereocenters. The second kappa shape index (κ2) is 9.72. The molecule has 190 valence electrons. The van der Waals surface area contributed by atoms with Gasteiger partial charge in [-0.15, -0.1) is 0 Å². The highest BCUT2D eigenvalue weighted by atomic mass is 16.5. The Morgan fingerprint density at radius 2 is 1.86 bits per heavy atom. The number of rotatable bonds is 5. The van der Waals surface area contributed by atoms with E-state index in [0.717, 1.165) is 59.4 Å². The monoisotopic (exact) mass is 492 g/mol. The molecule has 0 radical (unpaired) electrons. The van der Waals surface area contributed by atoms with E-state index in [0.29, 0.717) is 18.8 Å². The fourth-order valence-electron chi connectivity index (χ4n) is 5.66. The van der Waals surface area contributed by atoms with Crippen molar-refractivity contribution >= 4 is 40.4 Å². The van der Waals surface area contributed by atoms with E-state index in [1.165, 1.54) is 7.11 Å². The number of nitrogens with one attached hydrogen (secondary N) is 1. The van der Waals surface area contributed by atoms with Crippen LogP contribution in [-0.2, 0) is 16.0 Å². The number of hydrogen-bond acceptors (Lipinski definition) is 6. The van der Waals surface area contributed by atoms with Crippen LogP contribution in [0.5, 0.6) is 5.75 Å². The summed E-state index contributed by atoms with van der Waals surface area (Å²) in [5.41, 5.74) is 4.47. The van der Waals surface area contributed by atoms with Gasteiger partial charge in [0, 0.05) is 23.3 Å². The van der Waals surface area contributed by atoms with Gasteiger partial charge in [-0.2, -0.15) is 0 Å². The second-order valence-electron chi connectivity index (χ2n) is 9.67.